The number of hydrogen-bond acceptors (Lipinski definition) is 4. The summed E-state index contributed by atoms with van der Waals surface area (Å²) in [5.74, 6) is -0.192. The van der Waals surface area contributed by atoms with Gasteiger partial charge in [-0.25, -0.2) is 4.98 Å². The van der Waals surface area contributed by atoms with Gasteiger partial charge in [-0.15, -0.1) is 11.3 Å². The minimum Gasteiger partial charge on any atom is -0.343 e. The first kappa shape index (κ1) is 14.2. The summed E-state index contributed by atoms with van der Waals surface area (Å²) in [5, 5.41) is 12.6. The molecule has 0 fully saturated rings. The highest BCUT2D eigenvalue weighted by atomic mass is 32.1. The van der Waals surface area contributed by atoms with Crippen LogP contribution in [-0.2, 0) is 6.42 Å². The Labute approximate surface area is 122 Å². The molecule has 0 aliphatic heterocycles. The number of aryl methyl sites for hydroxylation is 1. The lowest BCUT2D eigenvalue weighted by Gasteiger charge is -2.11. The predicted octanol–water partition coefficient (Wildman–Crippen LogP) is 3.07. The summed E-state index contributed by atoms with van der Waals surface area (Å²) >= 11 is 1.61. The maximum absolute atomic E-state index is 12.1. The fourth-order valence-electron chi connectivity index (χ4n) is 1.76. The van der Waals surface area contributed by atoms with Gasteiger partial charge in [0.1, 0.15) is 5.01 Å². The zero-order chi connectivity index (χ0) is 14.5. The van der Waals surface area contributed by atoms with Crippen molar-refractivity contribution in [2.24, 2.45) is 0 Å². The molecule has 1 N–H and O–H groups in total. The summed E-state index contributed by atoms with van der Waals surface area (Å²) in [5.41, 5.74) is 0.969. The lowest BCUT2D eigenvalue weighted by molar-refractivity contribution is 0.0940. The first-order chi connectivity index (χ1) is 9.63. The minimum atomic E-state index is -0.192. The average Bonchev–Trinajstić information content (AvgIpc) is 2.96. The molecule has 0 aliphatic rings. The number of carbonyl (C=O) groups excluding carboxylic acids is 1. The second kappa shape index (κ2) is 6.31. The van der Waals surface area contributed by atoms with Gasteiger partial charge in [-0.05, 0) is 31.5 Å². The minimum absolute atomic E-state index is 0.140. The van der Waals surface area contributed by atoms with E-state index >= 15 is 0 Å². The first-order valence-corrected chi connectivity index (χ1v) is 7.21. The zero-order valence-corrected chi connectivity index (χ0v) is 12.2. The normalized spacial score (nSPS) is 11.7. The first-order valence-electron chi connectivity index (χ1n) is 6.39. The lowest BCUT2D eigenvalue weighted by Crippen LogP contribution is -2.26. The fraction of sp³-hybridized carbons (Fsp3) is 0.267. The van der Waals surface area contributed by atoms with Crippen LogP contribution in [0.25, 0.3) is 0 Å². The van der Waals surface area contributed by atoms with Gasteiger partial charge in [-0.3, -0.25) is 4.79 Å². The third-order valence-corrected chi connectivity index (χ3v) is 4.22. The van der Waals surface area contributed by atoms with Gasteiger partial charge < -0.3 is 5.32 Å². The molecular weight excluding hydrogens is 270 g/mol. The molecule has 20 heavy (non-hydrogen) atoms. The molecule has 1 atom stereocenters. The van der Waals surface area contributed by atoms with Crippen LogP contribution >= 0.6 is 11.3 Å². The maximum atomic E-state index is 12.1. The number of amides is 1. The van der Waals surface area contributed by atoms with Gasteiger partial charge in [0, 0.05) is 16.6 Å². The Morgan fingerprint density at radius 3 is 3.00 bits per heavy atom. The van der Waals surface area contributed by atoms with Crippen molar-refractivity contribution in [2.75, 3.05) is 0 Å². The Balaban J connectivity index is 2.08. The number of nitriles is 1. The van der Waals surface area contributed by atoms with Crippen LogP contribution in [-0.4, -0.2) is 10.9 Å². The highest BCUT2D eigenvalue weighted by Crippen LogP contribution is 2.20. The number of nitrogens with one attached hydrogen (secondary N) is 1. The van der Waals surface area contributed by atoms with Crippen LogP contribution in [0.15, 0.2) is 30.5 Å². The molecule has 0 bridgehead atoms. The number of thiazole rings is 1. The van der Waals surface area contributed by atoms with Crippen LogP contribution in [0.1, 0.15) is 45.7 Å². The predicted molar refractivity (Wildman–Crippen MR) is 78.5 cm³/mol. The largest absolute Gasteiger partial charge is 0.343 e. The third kappa shape index (κ3) is 3.22. The zero-order valence-electron chi connectivity index (χ0n) is 11.4. The quantitative estimate of drug-likeness (QED) is 0.938. The van der Waals surface area contributed by atoms with Crippen LogP contribution in [0.3, 0.4) is 0 Å². The van der Waals surface area contributed by atoms with Gasteiger partial charge in [0.05, 0.1) is 17.7 Å². The second-order valence-electron chi connectivity index (χ2n) is 4.41. The van der Waals surface area contributed by atoms with E-state index in [0.29, 0.717) is 11.1 Å². The summed E-state index contributed by atoms with van der Waals surface area (Å²) in [6, 6.07) is 8.55. The number of benzene rings is 1. The van der Waals surface area contributed by atoms with Crippen molar-refractivity contribution < 1.29 is 4.79 Å². The van der Waals surface area contributed by atoms with Crippen LogP contribution in [0.2, 0.25) is 0 Å². The molecule has 1 aromatic heterocycles. The standard InChI is InChI=1S/C15H15N3OS/c1-3-13-9-17-15(20-13)10(2)18-14(19)12-6-4-5-11(7-12)8-16/h4-7,9-10H,3H2,1-2H3,(H,18,19). The number of rotatable bonds is 4. The highest BCUT2D eigenvalue weighted by molar-refractivity contribution is 7.11. The molecule has 0 saturated carbocycles. The topological polar surface area (TPSA) is 65.8 Å². The van der Waals surface area contributed by atoms with E-state index in [1.807, 2.05) is 19.2 Å². The smallest absolute Gasteiger partial charge is 0.251 e. The molecule has 0 aliphatic carbocycles. The van der Waals surface area contributed by atoms with Crippen molar-refractivity contribution in [3.05, 3.63) is 51.5 Å². The number of carbonyl (C=O) groups is 1. The monoisotopic (exact) mass is 285 g/mol. The molecule has 1 heterocycles. The fourth-order valence-corrected chi connectivity index (χ4v) is 2.62. The molecule has 1 aromatic carbocycles. The van der Waals surface area contributed by atoms with E-state index in [0.717, 1.165) is 11.4 Å². The molecule has 4 nitrogen and oxygen atoms in total. The molecule has 0 radical (unpaired) electrons. The summed E-state index contributed by atoms with van der Waals surface area (Å²) in [6.07, 6.45) is 2.79. The van der Waals surface area contributed by atoms with Gasteiger partial charge in [-0.2, -0.15) is 5.26 Å². The summed E-state index contributed by atoms with van der Waals surface area (Å²) in [7, 11) is 0. The van der Waals surface area contributed by atoms with Gasteiger partial charge in [0.2, 0.25) is 0 Å². The molecule has 102 valence electrons. The summed E-state index contributed by atoms with van der Waals surface area (Å²) in [6.45, 7) is 3.98. The third-order valence-electron chi connectivity index (χ3n) is 2.89. The van der Waals surface area contributed by atoms with E-state index in [1.165, 1.54) is 4.88 Å². The van der Waals surface area contributed by atoms with Gasteiger partial charge in [-0.1, -0.05) is 13.0 Å². The van der Waals surface area contributed by atoms with Crippen molar-refractivity contribution in [2.45, 2.75) is 26.3 Å². The molecule has 2 rings (SSSR count). The molecule has 0 spiro atoms. The Morgan fingerprint density at radius 2 is 2.35 bits per heavy atom. The van der Waals surface area contributed by atoms with E-state index in [-0.39, 0.29) is 11.9 Å². The summed E-state index contributed by atoms with van der Waals surface area (Å²) in [4.78, 5) is 17.6. The number of nitrogens with zero attached hydrogens (tertiary/aromatic N) is 2. The van der Waals surface area contributed by atoms with Crippen molar-refractivity contribution in [3.8, 4) is 6.07 Å². The maximum Gasteiger partial charge on any atom is 0.251 e. The van der Waals surface area contributed by atoms with Gasteiger partial charge in [0.15, 0.2) is 0 Å². The highest BCUT2D eigenvalue weighted by Gasteiger charge is 2.14. The number of hydrogen-bond donors (Lipinski definition) is 1. The Morgan fingerprint density at radius 1 is 1.55 bits per heavy atom. The molecule has 2 aromatic rings. The number of aromatic nitrogens is 1. The Hall–Kier alpha value is -2.19. The van der Waals surface area contributed by atoms with E-state index in [1.54, 1.807) is 35.6 Å². The molecule has 1 amide bonds. The van der Waals surface area contributed by atoms with Crippen molar-refractivity contribution >= 4 is 17.2 Å². The van der Waals surface area contributed by atoms with Crippen LogP contribution in [0.5, 0.6) is 0 Å². The SMILES string of the molecule is CCc1cnc(C(C)NC(=O)c2cccc(C#N)c2)s1. The Kier molecular flexibility index (Phi) is 4.49. The van der Waals surface area contributed by atoms with E-state index in [2.05, 4.69) is 17.2 Å². The Bertz CT molecular complexity index is 657. The van der Waals surface area contributed by atoms with Crippen LogP contribution in [0.4, 0.5) is 0 Å². The van der Waals surface area contributed by atoms with Crippen molar-refractivity contribution in [1.29, 1.82) is 5.26 Å². The molecular formula is C15H15N3OS. The van der Waals surface area contributed by atoms with Gasteiger partial charge in [0.25, 0.3) is 5.91 Å². The van der Waals surface area contributed by atoms with Crippen LogP contribution < -0.4 is 5.32 Å². The van der Waals surface area contributed by atoms with Gasteiger partial charge >= 0.3 is 0 Å². The lowest BCUT2D eigenvalue weighted by atomic mass is 10.1. The molecule has 0 saturated heterocycles. The molecule has 5 heteroatoms. The van der Waals surface area contributed by atoms with Crippen molar-refractivity contribution in [3.63, 3.8) is 0 Å². The van der Waals surface area contributed by atoms with E-state index in [4.69, 9.17) is 5.26 Å². The average molecular weight is 285 g/mol. The second-order valence-corrected chi connectivity index (χ2v) is 5.55. The summed E-state index contributed by atoms with van der Waals surface area (Å²) < 4.78 is 0. The molecule has 1 unspecified atom stereocenters. The van der Waals surface area contributed by atoms with Crippen molar-refractivity contribution in [1.82, 2.24) is 10.3 Å². The van der Waals surface area contributed by atoms with E-state index in [9.17, 15) is 4.79 Å². The van der Waals surface area contributed by atoms with Crippen LogP contribution in [0, 0.1) is 11.3 Å². The van der Waals surface area contributed by atoms with E-state index < -0.39 is 0 Å².